The van der Waals surface area contributed by atoms with Crippen molar-refractivity contribution in [1.29, 1.82) is 0 Å². The zero-order valence-corrected chi connectivity index (χ0v) is 32.8. The van der Waals surface area contributed by atoms with Gasteiger partial charge in [0.25, 0.3) is 0 Å². The van der Waals surface area contributed by atoms with Gasteiger partial charge in [-0.15, -0.1) is 0 Å². The summed E-state index contributed by atoms with van der Waals surface area (Å²) in [6.07, 6.45) is -0.457. The van der Waals surface area contributed by atoms with Crippen molar-refractivity contribution in [2.45, 2.75) is 5.92 Å². The number of amides is 1. The first kappa shape index (κ1) is 47.1. The van der Waals surface area contributed by atoms with Crippen LogP contribution in [-0.4, -0.2) is 178 Å². The Bertz CT molecular complexity index is 1240. The standard InChI is InChI=1S/C40H61NO15/c1-44-39(42)33-55-31-30-54-29-28-53-27-26-52-25-24-51-23-22-50-21-20-49-19-18-48-17-16-47-15-14-46-13-12-45-11-10-41-40(43)56-32-38-36-8-4-2-6-34(36)35-7-3-5-9-37(35)38/h2-9,38H,10-33H2,1H3,(H,41,43). The second kappa shape index (κ2) is 32.8. The third kappa shape index (κ3) is 21.9. The van der Waals surface area contributed by atoms with Gasteiger partial charge in [-0.3, -0.25) is 0 Å². The SMILES string of the molecule is COC(=O)COCCOCCOCCOCCOCCOCCOCCOCCOCCOCCOCCNC(=O)OCC1c2ccccc2-c2ccccc21. The van der Waals surface area contributed by atoms with E-state index >= 15 is 0 Å². The van der Waals surface area contributed by atoms with E-state index in [1.807, 2.05) is 24.3 Å². The van der Waals surface area contributed by atoms with Gasteiger partial charge in [0.05, 0.1) is 146 Å². The minimum absolute atomic E-state index is 0.0326. The van der Waals surface area contributed by atoms with Gasteiger partial charge >= 0.3 is 12.1 Å². The molecule has 0 aliphatic heterocycles. The van der Waals surface area contributed by atoms with Crippen LogP contribution in [0.5, 0.6) is 0 Å². The van der Waals surface area contributed by atoms with Crippen LogP contribution in [0.2, 0.25) is 0 Å². The molecule has 3 rings (SSSR count). The molecule has 0 unspecified atom stereocenters. The van der Waals surface area contributed by atoms with Crippen LogP contribution in [0.4, 0.5) is 4.79 Å². The molecule has 0 saturated carbocycles. The third-order valence-corrected chi connectivity index (χ3v) is 8.03. The number of nitrogens with one attached hydrogen (secondary N) is 1. The molecule has 0 heterocycles. The number of hydrogen-bond acceptors (Lipinski definition) is 15. The average Bonchev–Trinajstić information content (AvgIpc) is 3.54. The normalized spacial score (nSPS) is 12.1. The van der Waals surface area contributed by atoms with E-state index in [9.17, 15) is 9.59 Å². The van der Waals surface area contributed by atoms with Crippen molar-refractivity contribution in [3.63, 3.8) is 0 Å². The Morgan fingerprint density at radius 2 is 0.786 bits per heavy atom. The van der Waals surface area contributed by atoms with E-state index in [1.54, 1.807) is 0 Å². The molecule has 0 radical (unpaired) electrons. The van der Waals surface area contributed by atoms with Crippen LogP contribution in [0.3, 0.4) is 0 Å². The second-order valence-electron chi connectivity index (χ2n) is 12.0. The number of esters is 1. The summed E-state index contributed by atoms with van der Waals surface area (Å²) in [6.45, 7) is 10.0. The van der Waals surface area contributed by atoms with Gasteiger partial charge in [0.2, 0.25) is 0 Å². The number of fused-ring (bicyclic) bond motifs is 3. The molecule has 1 N–H and O–H groups in total. The highest BCUT2D eigenvalue weighted by atomic mass is 16.6. The highest BCUT2D eigenvalue weighted by Gasteiger charge is 2.28. The number of carbonyl (C=O) groups excluding carboxylic acids is 2. The van der Waals surface area contributed by atoms with Gasteiger partial charge in [-0.25, -0.2) is 9.59 Å². The van der Waals surface area contributed by atoms with Crippen molar-refractivity contribution in [2.75, 3.05) is 166 Å². The minimum Gasteiger partial charge on any atom is -0.467 e. The number of methoxy groups -OCH3 is 1. The molecule has 2 aromatic rings. The van der Waals surface area contributed by atoms with Gasteiger partial charge in [0, 0.05) is 12.5 Å². The molecule has 0 atom stereocenters. The molecule has 1 aliphatic carbocycles. The fourth-order valence-electron chi connectivity index (χ4n) is 5.29. The van der Waals surface area contributed by atoms with Crippen molar-refractivity contribution in [2.24, 2.45) is 0 Å². The molecule has 0 aromatic heterocycles. The van der Waals surface area contributed by atoms with Crippen molar-refractivity contribution >= 4 is 12.1 Å². The third-order valence-electron chi connectivity index (χ3n) is 8.03. The van der Waals surface area contributed by atoms with E-state index < -0.39 is 12.1 Å². The fourth-order valence-corrected chi connectivity index (χ4v) is 5.29. The molecule has 2 aromatic carbocycles. The van der Waals surface area contributed by atoms with Crippen LogP contribution >= 0.6 is 0 Å². The van der Waals surface area contributed by atoms with Gasteiger partial charge in [-0.2, -0.15) is 0 Å². The van der Waals surface area contributed by atoms with E-state index in [4.69, 9.17) is 56.8 Å². The number of alkyl carbamates (subject to hydrolysis) is 1. The molecule has 16 nitrogen and oxygen atoms in total. The van der Waals surface area contributed by atoms with Crippen molar-refractivity contribution < 1.29 is 71.2 Å². The Morgan fingerprint density at radius 1 is 0.464 bits per heavy atom. The summed E-state index contributed by atoms with van der Waals surface area (Å²) in [5.74, 6) is -0.380. The summed E-state index contributed by atoms with van der Waals surface area (Å²) in [4.78, 5) is 23.1. The van der Waals surface area contributed by atoms with E-state index in [1.165, 1.54) is 29.4 Å². The van der Waals surface area contributed by atoms with Crippen LogP contribution in [-0.2, 0) is 66.4 Å². The number of rotatable bonds is 37. The molecule has 16 heteroatoms. The largest absolute Gasteiger partial charge is 0.467 e. The van der Waals surface area contributed by atoms with E-state index in [-0.39, 0.29) is 19.1 Å². The lowest BCUT2D eigenvalue weighted by molar-refractivity contribution is -0.146. The number of ether oxygens (including phenoxy) is 13. The van der Waals surface area contributed by atoms with Crippen LogP contribution in [0.1, 0.15) is 17.0 Å². The zero-order chi connectivity index (χ0) is 39.6. The van der Waals surface area contributed by atoms with Gasteiger partial charge in [-0.1, -0.05) is 48.5 Å². The monoisotopic (exact) mass is 795 g/mol. The molecule has 316 valence electrons. The van der Waals surface area contributed by atoms with E-state index in [0.717, 1.165) is 0 Å². The van der Waals surface area contributed by atoms with E-state index in [0.29, 0.717) is 145 Å². The highest BCUT2D eigenvalue weighted by molar-refractivity contribution is 5.79. The summed E-state index contributed by atoms with van der Waals surface area (Å²) in [5, 5.41) is 2.74. The summed E-state index contributed by atoms with van der Waals surface area (Å²) in [7, 11) is 1.31. The van der Waals surface area contributed by atoms with Gasteiger partial charge < -0.3 is 66.9 Å². The maximum atomic E-state index is 12.2. The number of hydrogen-bond donors (Lipinski definition) is 1. The first-order valence-corrected chi connectivity index (χ1v) is 19.2. The second-order valence-corrected chi connectivity index (χ2v) is 12.0. The van der Waals surface area contributed by atoms with Crippen molar-refractivity contribution in [1.82, 2.24) is 5.32 Å². The molecular formula is C40H61NO15. The molecule has 0 fully saturated rings. The van der Waals surface area contributed by atoms with Crippen molar-refractivity contribution in [3.05, 3.63) is 59.7 Å². The lowest BCUT2D eigenvalue weighted by Gasteiger charge is -2.14. The predicted octanol–water partition coefficient (Wildman–Crippen LogP) is 2.88. The summed E-state index contributed by atoms with van der Waals surface area (Å²) in [5.41, 5.74) is 4.76. The fraction of sp³-hybridized carbons (Fsp3) is 0.650. The predicted molar refractivity (Wildman–Crippen MR) is 204 cm³/mol. The molecule has 0 spiro atoms. The number of benzene rings is 2. The van der Waals surface area contributed by atoms with Gasteiger partial charge in [-0.05, 0) is 22.3 Å². The van der Waals surface area contributed by atoms with E-state index in [2.05, 4.69) is 34.3 Å². The Kier molecular flexibility index (Phi) is 27.6. The minimum atomic E-state index is -0.457. The quantitative estimate of drug-likeness (QED) is 0.0783. The molecule has 0 bridgehead atoms. The first-order valence-electron chi connectivity index (χ1n) is 19.2. The van der Waals surface area contributed by atoms with Crippen molar-refractivity contribution in [3.8, 4) is 11.1 Å². The summed E-state index contributed by atoms with van der Waals surface area (Å²) in [6, 6.07) is 16.5. The lowest BCUT2D eigenvalue weighted by atomic mass is 9.98. The maximum Gasteiger partial charge on any atom is 0.407 e. The molecule has 1 aliphatic rings. The highest BCUT2D eigenvalue weighted by Crippen LogP contribution is 2.44. The lowest BCUT2D eigenvalue weighted by Crippen LogP contribution is -2.29. The zero-order valence-electron chi connectivity index (χ0n) is 32.8. The van der Waals surface area contributed by atoms with Crippen LogP contribution in [0.15, 0.2) is 48.5 Å². The molecule has 1 amide bonds. The summed E-state index contributed by atoms with van der Waals surface area (Å²) >= 11 is 0. The maximum absolute atomic E-state index is 12.2. The Balaban J connectivity index is 0.940. The topological polar surface area (TPSA) is 166 Å². The first-order chi connectivity index (χ1) is 27.7. The summed E-state index contributed by atoms with van der Waals surface area (Å²) < 4.78 is 69.7. The smallest absolute Gasteiger partial charge is 0.407 e. The average molecular weight is 796 g/mol. The Labute approximate surface area is 330 Å². The number of carbonyl (C=O) groups is 2. The Hall–Kier alpha value is -3.26. The molecule has 56 heavy (non-hydrogen) atoms. The van der Waals surface area contributed by atoms with Crippen LogP contribution in [0.25, 0.3) is 11.1 Å². The van der Waals surface area contributed by atoms with Gasteiger partial charge in [0.1, 0.15) is 13.2 Å². The van der Waals surface area contributed by atoms with Crippen LogP contribution < -0.4 is 5.32 Å². The molecular weight excluding hydrogens is 734 g/mol. The van der Waals surface area contributed by atoms with Gasteiger partial charge in [0.15, 0.2) is 0 Å². The van der Waals surface area contributed by atoms with Crippen LogP contribution in [0, 0.1) is 0 Å². The molecule has 0 saturated heterocycles. The Morgan fingerprint density at radius 3 is 1.14 bits per heavy atom.